The molecule has 0 bridgehead atoms. The molecule has 0 fully saturated rings. The molecule has 0 aromatic heterocycles. The average molecular weight is 233 g/mol. The van der Waals surface area contributed by atoms with Crippen LogP contribution in [0.1, 0.15) is 42.3 Å². The van der Waals surface area contributed by atoms with Gasteiger partial charge in [-0.25, -0.2) is 0 Å². The van der Waals surface area contributed by atoms with E-state index in [1.165, 1.54) is 11.3 Å². The molecular formula is C15H23NO. The number of hydrogen-bond donors (Lipinski definition) is 0. The summed E-state index contributed by atoms with van der Waals surface area (Å²) in [4.78, 5) is 13.3. The highest BCUT2D eigenvalue weighted by atomic mass is 16.1. The van der Waals surface area contributed by atoms with Gasteiger partial charge in [-0.3, -0.25) is 4.79 Å². The number of aldehydes is 1. The second kappa shape index (κ2) is 5.85. The second-order valence-corrected chi connectivity index (χ2v) is 5.05. The fourth-order valence-electron chi connectivity index (χ4n) is 2.13. The SMILES string of the molecule is CCN(CC(C)C)c1cc(C)c(C=O)cc1C. The highest BCUT2D eigenvalue weighted by molar-refractivity contribution is 5.79. The lowest BCUT2D eigenvalue weighted by Gasteiger charge is -2.27. The quantitative estimate of drug-likeness (QED) is 0.724. The summed E-state index contributed by atoms with van der Waals surface area (Å²) in [5.41, 5.74) is 4.29. The van der Waals surface area contributed by atoms with E-state index in [1.54, 1.807) is 0 Å². The molecule has 0 atom stereocenters. The normalized spacial score (nSPS) is 10.7. The van der Waals surface area contributed by atoms with Crippen molar-refractivity contribution in [2.75, 3.05) is 18.0 Å². The summed E-state index contributed by atoms with van der Waals surface area (Å²) in [5, 5.41) is 0. The third kappa shape index (κ3) is 3.32. The number of aryl methyl sites for hydroxylation is 2. The second-order valence-electron chi connectivity index (χ2n) is 5.05. The number of benzene rings is 1. The molecule has 0 unspecified atom stereocenters. The molecule has 2 heteroatoms. The molecule has 0 aliphatic rings. The summed E-state index contributed by atoms with van der Waals surface area (Å²) in [6.07, 6.45) is 0.935. The summed E-state index contributed by atoms with van der Waals surface area (Å²) in [6, 6.07) is 4.12. The topological polar surface area (TPSA) is 20.3 Å². The first-order chi connectivity index (χ1) is 7.99. The first kappa shape index (κ1) is 13.8. The first-order valence-electron chi connectivity index (χ1n) is 6.31. The van der Waals surface area contributed by atoms with Crippen molar-refractivity contribution in [3.8, 4) is 0 Å². The zero-order valence-corrected chi connectivity index (χ0v) is 11.6. The van der Waals surface area contributed by atoms with E-state index >= 15 is 0 Å². The molecule has 94 valence electrons. The van der Waals surface area contributed by atoms with Crippen molar-refractivity contribution in [2.45, 2.75) is 34.6 Å². The highest BCUT2D eigenvalue weighted by Crippen LogP contribution is 2.24. The molecule has 0 radical (unpaired) electrons. The summed E-state index contributed by atoms with van der Waals surface area (Å²) in [7, 11) is 0. The average Bonchev–Trinajstić information content (AvgIpc) is 2.28. The largest absolute Gasteiger partial charge is 0.371 e. The van der Waals surface area contributed by atoms with E-state index in [0.717, 1.165) is 30.5 Å². The molecule has 0 aliphatic carbocycles. The predicted molar refractivity (Wildman–Crippen MR) is 74.0 cm³/mol. The van der Waals surface area contributed by atoms with Crippen LogP contribution < -0.4 is 4.90 Å². The van der Waals surface area contributed by atoms with E-state index in [-0.39, 0.29) is 0 Å². The zero-order chi connectivity index (χ0) is 13.0. The van der Waals surface area contributed by atoms with Crippen molar-refractivity contribution < 1.29 is 4.79 Å². The van der Waals surface area contributed by atoms with Crippen LogP contribution in [-0.4, -0.2) is 19.4 Å². The Morgan fingerprint density at radius 3 is 2.35 bits per heavy atom. The lowest BCUT2D eigenvalue weighted by Crippen LogP contribution is -2.28. The van der Waals surface area contributed by atoms with Crippen LogP contribution in [0.4, 0.5) is 5.69 Å². The van der Waals surface area contributed by atoms with E-state index in [4.69, 9.17) is 0 Å². The van der Waals surface area contributed by atoms with Gasteiger partial charge in [-0.2, -0.15) is 0 Å². The van der Waals surface area contributed by atoms with Gasteiger partial charge in [0.05, 0.1) is 0 Å². The maximum atomic E-state index is 10.9. The Balaban J connectivity index is 3.11. The minimum absolute atomic E-state index is 0.639. The van der Waals surface area contributed by atoms with Crippen molar-refractivity contribution in [1.82, 2.24) is 0 Å². The van der Waals surface area contributed by atoms with Crippen LogP contribution in [0.3, 0.4) is 0 Å². The van der Waals surface area contributed by atoms with Crippen LogP contribution in [-0.2, 0) is 0 Å². The van der Waals surface area contributed by atoms with Gasteiger partial charge in [-0.15, -0.1) is 0 Å². The molecule has 0 N–H and O–H groups in total. The molecule has 2 nitrogen and oxygen atoms in total. The Morgan fingerprint density at radius 2 is 1.88 bits per heavy atom. The van der Waals surface area contributed by atoms with Crippen molar-refractivity contribution in [2.24, 2.45) is 5.92 Å². The standard InChI is InChI=1S/C15H23NO/c1-6-16(9-11(2)3)15-8-12(4)14(10-17)7-13(15)5/h7-8,10-11H,6,9H2,1-5H3. The van der Waals surface area contributed by atoms with Crippen LogP contribution in [0.2, 0.25) is 0 Å². The molecule has 0 spiro atoms. The summed E-state index contributed by atoms with van der Waals surface area (Å²) in [6.45, 7) is 12.7. The van der Waals surface area contributed by atoms with E-state index in [1.807, 2.05) is 13.0 Å². The molecule has 0 heterocycles. The molecular weight excluding hydrogens is 210 g/mol. The van der Waals surface area contributed by atoms with Crippen molar-refractivity contribution >= 4 is 12.0 Å². The smallest absolute Gasteiger partial charge is 0.150 e. The van der Waals surface area contributed by atoms with E-state index in [0.29, 0.717) is 5.92 Å². The van der Waals surface area contributed by atoms with Gasteiger partial charge in [-0.05, 0) is 49.9 Å². The molecule has 0 saturated carbocycles. The Hall–Kier alpha value is -1.31. The third-order valence-electron chi connectivity index (χ3n) is 3.02. The van der Waals surface area contributed by atoms with Gasteiger partial charge in [0.15, 0.2) is 0 Å². The molecule has 1 aromatic rings. The molecule has 1 rings (SSSR count). The van der Waals surface area contributed by atoms with Crippen LogP contribution in [0.25, 0.3) is 0 Å². The Bertz CT molecular complexity index is 396. The van der Waals surface area contributed by atoms with Gasteiger partial charge in [-0.1, -0.05) is 13.8 Å². The number of rotatable bonds is 5. The number of carbonyl (C=O) groups excluding carboxylic acids is 1. The lowest BCUT2D eigenvalue weighted by atomic mass is 10.0. The first-order valence-corrected chi connectivity index (χ1v) is 6.31. The van der Waals surface area contributed by atoms with Gasteiger partial charge in [0.2, 0.25) is 0 Å². The fourth-order valence-corrected chi connectivity index (χ4v) is 2.13. The molecule has 1 aromatic carbocycles. The third-order valence-corrected chi connectivity index (χ3v) is 3.02. The maximum absolute atomic E-state index is 10.9. The van der Waals surface area contributed by atoms with Gasteiger partial charge in [0, 0.05) is 24.3 Å². The van der Waals surface area contributed by atoms with Crippen LogP contribution in [0.15, 0.2) is 12.1 Å². The van der Waals surface area contributed by atoms with Crippen LogP contribution in [0, 0.1) is 19.8 Å². The van der Waals surface area contributed by atoms with Gasteiger partial charge in [0.25, 0.3) is 0 Å². The van der Waals surface area contributed by atoms with Gasteiger partial charge in [0.1, 0.15) is 6.29 Å². The predicted octanol–water partition coefficient (Wildman–Crippen LogP) is 3.60. The van der Waals surface area contributed by atoms with Crippen molar-refractivity contribution in [3.63, 3.8) is 0 Å². The minimum Gasteiger partial charge on any atom is -0.371 e. The van der Waals surface area contributed by atoms with E-state index in [9.17, 15) is 4.79 Å². The zero-order valence-electron chi connectivity index (χ0n) is 11.6. The number of nitrogens with zero attached hydrogens (tertiary/aromatic N) is 1. The van der Waals surface area contributed by atoms with Gasteiger partial charge < -0.3 is 4.90 Å². The maximum Gasteiger partial charge on any atom is 0.150 e. The van der Waals surface area contributed by atoms with Crippen molar-refractivity contribution in [1.29, 1.82) is 0 Å². The fraction of sp³-hybridized carbons (Fsp3) is 0.533. The summed E-state index contributed by atoms with van der Waals surface area (Å²) < 4.78 is 0. The van der Waals surface area contributed by atoms with E-state index in [2.05, 4.69) is 38.7 Å². The Labute approximate surface area is 105 Å². The molecule has 0 aliphatic heterocycles. The molecule has 17 heavy (non-hydrogen) atoms. The lowest BCUT2D eigenvalue weighted by molar-refractivity contribution is 0.112. The van der Waals surface area contributed by atoms with Crippen molar-refractivity contribution in [3.05, 3.63) is 28.8 Å². The number of hydrogen-bond acceptors (Lipinski definition) is 2. The van der Waals surface area contributed by atoms with E-state index < -0.39 is 0 Å². The van der Waals surface area contributed by atoms with Crippen LogP contribution >= 0.6 is 0 Å². The monoisotopic (exact) mass is 233 g/mol. The minimum atomic E-state index is 0.639. The summed E-state index contributed by atoms with van der Waals surface area (Å²) in [5.74, 6) is 0.639. The molecule has 0 saturated heterocycles. The number of carbonyl (C=O) groups is 1. The summed E-state index contributed by atoms with van der Waals surface area (Å²) >= 11 is 0. The highest BCUT2D eigenvalue weighted by Gasteiger charge is 2.11. The Kier molecular flexibility index (Phi) is 4.73. The molecule has 0 amide bonds. The van der Waals surface area contributed by atoms with Gasteiger partial charge >= 0.3 is 0 Å². The van der Waals surface area contributed by atoms with Crippen LogP contribution in [0.5, 0.6) is 0 Å². The number of anilines is 1. The Morgan fingerprint density at radius 1 is 1.24 bits per heavy atom.